The van der Waals surface area contributed by atoms with Gasteiger partial charge in [-0.2, -0.15) is 10.1 Å². The number of nitrogens with zero attached hydrogens (tertiary/aromatic N) is 4. The monoisotopic (exact) mass is 347 g/mol. The topological polar surface area (TPSA) is 81.9 Å². The van der Waals surface area contributed by atoms with Crippen LogP contribution in [0, 0.1) is 0 Å². The Balaban J connectivity index is 1.67. The third-order valence-electron chi connectivity index (χ3n) is 4.23. The van der Waals surface area contributed by atoms with Crippen LogP contribution in [0.5, 0.6) is 0 Å². The number of allylic oxidation sites excluding steroid dienone is 1. The molecule has 2 aromatic heterocycles. The minimum absolute atomic E-state index is 0.209. The minimum Gasteiger partial charge on any atom is -0.457 e. The molecule has 1 aliphatic heterocycles. The fourth-order valence-electron chi connectivity index (χ4n) is 3.00. The number of rotatable bonds is 4. The minimum atomic E-state index is -0.439. The summed E-state index contributed by atoms with van der Waals surface area (Å²) < 4.78 is 7.23. The van der Waals surface area contributed by atoms with Gasteiger partial charge in [-0.3, -0.25) is 4.98 Å². The number of pyridine rings is 1. The molecule has 7 heteroatoms. The van der Waals surface area contributed by atoms with E-state index in [1.54, 1.807) is 17.1 Å². The lowest BCUT2D eigenvalue weighted by molar-refractivity contribution is -0.140. The van der Waals surface area contributed by atoms with Gasteiger partial charge in [0.25, 0.3) is 0 Å². The molecule has 1 atom stereocenters. The largest absolute Gasteiger partial charge is 0.457 e. The first-order chi connectivity index (χ1) is 12.7. The summed E-state index contributed by atoms with van der Waals surface area (Å²) in [5, 5.41) is 7.39. The molecule has 26 heavy (non-hydrogen) atoms. The predicted molar refractivity (Wildman–Crippen MR) is 95.0 cm³/mol. The molecule has 3 heterocycles. The van der Waals surface area contributed by atoms with Gasteiger partial charge >= 0.3 is 5.97 Å². The first kappa shape index (κ1) is 16.0. The maximum atomic E-state index is 12.9. The van der Waals surface area contributed by atoms with Gasteiger partial charge in [0, 0.05) is 18.1 Å². The molecule has 0 saturated heterocycles. The summed E-state index contributed by atoms with van der Waals surface area (Å²) in [6.45, 7) is 2.04. The van der Waals surface area contributed by atoms with E-state index in [1.165, 1.54) is 6.33 Å². The molecule has 130 valence electrons. The van der Waals surface area contributed by atoms with Gasteiger partial charge in [0.1, 0.15) is 19.0 Å². The zero-order valence-corrected chi connectivity index (χ0v) is 14.2. The maximum absolute atomic E-state index is 12.9. The summed E-state index contributed by atoms with van der Waals surface area (Å²) >= 11 is 0. The highest BCUT2D eigenvalue weighted by molar-refractivity contribution is 5.92. The van der Waals surface area contributed by atoms with Crippen molar-refractivity contribution in [1.29, 1.82) is 0 Å². The second kappa shape index (κ2) is 6.79. The highest BCUT2D eigenvalue weighted by Crippen LogP contribution is 2.34. The number of carbonyl (C=O) groups excluding carboxylic acids is 1. The molecule has 0 aliphatic carbocycles. The Morgan fingerprint density at radius 2 is 2.08 bits per heavy atom. The molecular formula is C19H17N5O2. The molecule has 4 rings (SSSR count). The fraction of sp³-hybridized carbons (Fsp3) is 0.158. The lowest BCUT2D eigenvalue weighted by atomic mass is 9.97. The van der Waals surface area contributed by atoms with Gasteiger partial charge < -0.3 is 10.1 Å². The van der Waals surface area contributed by atoms with Crippen LogP contribution in [0.3, 0.4) is 0 Å². The SMILES string of the molecule is CC1=C(C(=O)OCc2ccccc2)[C@@H](c2cccnc2)n2ncnc2N1. The zero-order valence-electron chi connectivity index (χ0n) is 14.2. The van der Waals surface area contributed by atoms with Crippen LogP contribution < -0.4 is 5.32 Å². The van der Waals surface area contributed by atoms with Crippen molar-refractivity contribution in [3.63, 3.8) is 0 Å². The molecule has 0 unspecified atom stereocenters. The Labute approximate surface area is 150 Å². The van der Waals surface area contributed by atoms with E-state index in [9.17, 15) is 4.79 Å². The second-order valence-corrected chi connectivity index (χ2v) is 5.94. The molecular weight excluding hydrogens is 330 g/mol. The van der Waals surface area contributed by atoms with Crippen molar-refractivity contribution in [1.82, 2.24) is 19.7 Å². The Hall–Kier alpha value is -3.48. The van der Waals surface area contributed by atoms with Crippen LogP contribution in [-0.4, -0.2) is 25.7 Å². The third kappa shape index (κ3) is 2.95. The van der Waals surface area contributed by atoms with E-state index < -0.39 is 12.0 Å². The second-order valence-electron chi connectivity index (χ2n) is 5.94. The van der Waals surface area contributed by atoms with E-state index in [0.717, 1.165) is 11.1 Å². The smallest absolute Gasteiger partial charge is 0.338 e. The van der Waals surface area contributed by atoms with Gasteiger partial charge in [0.15, 0.2) is 0 Å². The highest BCUT2D eigenvalue weighted by Gasteiger charge is 2.34. The van der Waals surface area contributed by atoms with Crippen LogP contribution in [0.1, 0.15) is 24.1 Å². The maximum Gasteiger partial charge on any atom is 0.338 e. The van der Waals surface area contributed by atoms with Crippen LogP contribution in [0.25, 0.3) is 0 Å². The third-order valence-corrected chi connectivity index (χ3v) is 4.23. The molecule has 1 N–H and O–H groups in total. The van der Waals surface area contributed by atoms with Gasteiger partial charge in [-0.05, 0) is 24.1 Å². The molecule has 7 nitrogen and oxygen atoms in total. The van der Waals surface area contributed by atoms with Crippen LogP contribution >= 0.6 is 0 Å². The van der Waals surface area contributed by atoms with Gasteiger partial charge in [-0.15, -0.1) is 0 Å². The van der Waals surface area contributed by atoms with Crippen LogP contribution in [-0.2, 0) is 16.1 Å². The molecule has 0 bridgehead atoms. The van der Waals surface area contributed by atoms with E-state index in [2.05, 4.69) is 20.4 Å². The van der Waals surface area contributed by atoms with Crippen LogP contribution in [0.4, 0.5) is 5.95 Å². The van der Waals surface area contributed by atoms with E-state index in [-0.39, 0.29) is 6.61 Å². The number of esters is 1. The molecule has 0 fully saturated rings. The summed E-state index contributed by atoms with van der Waals surface area (Å²) in [6, 6.07) is 12.9. The number of carbonyl (C=O) groups is 1. The van der Waals surface area contributed by atoms with Gasteiger partial charge in [0.05, 0.1) is 5.57 Å². The summed E-state index contributed by atoms with van der Waals surface area (Å²) in [4.78, 5) is 21.3. The van der Waals surface area contributed by atoms with E-state index in [0.29, 0.717) is 17.2 Å². The normalized spacial score (nSPS) is 16.0. The average molecular weight is 347 g/mol. The number of nitrogens with one attached hydrogen (secondary N) is 1. The Morgan fingerprint density at radius 3 is 2.85 bits per heavy atom. The number of hydrogen-bond acceptors (Lipinski definition) is 6. The Bertz CT molecular complexity index is 950. The van der Waals surface area contributed by atoms with Crippen molar-refractivity contribution in [2.45, 2.75) is 19.6 Å². The van der Waals surface area contributed by atoms with E-state index in [1.807, 2.05) is 49.4 Å². The number of ether oxygens (including phenoxy) is 1. The standard InChI is InChI=1S/C19H17N5O2/c1-13-16(18(25)26-11-14-6-3-2-4-7-14)17(15-8-5-9-20-10-15)24-19(23-13)21-12-22-24/h2-10,12,17H,11H2,1H3,(H,21,22,23)/t17-/m1/s1. The molecule has 0 amide bonds. The molecule has 1 aromatic carbocycles. The molecule has 0 radical (unpaired) electrons. The lowest BCUT2D eigenvalue weighted by Crippen LogP contribution is -2.29. The van der Waals surface area contributed by atoms with Crippen molar-refractivity contribution in [3.8, 4) is 0 Å². The van der Waals surface area contributed by atoms with Crippen molar-refractivity contribution >= 4 is 11.9 Å². The Kier molecular flexibility index (Phi) is 4.18. The van der Waals surface area contributed by atoms with E-state index >= 15 is 0 Å². The molecule has 0 saturated carbocycles. The first-order valence-electron chi connectivity index (χ1n) is 8.22. The number of benzene rings is 1. The highest BCUT2D eigenvalue weighted by atomic mass is 16.5. The Morgan fingerprint density at radius 1 is 1.23 bits per heavy atom. The first-order valence-corrected chi connectivity index (χ1v) is 8.22. The summed E-state index contributed by atoms with van der Waals surface area (Å²) in [5.41, 5.74) is 2.96. The van der Waals surface area contributed by atoms with Gasteiger partial charge in [0.2, 0.25) is 5.95 Å². The zero-order chi connectivity index (χ0) is 17.9. The van der Waals surface area contributed by atoms with Gasteiger partial charge in [-0.1, -0.05) is 36.4 Å². The van der Waals surface area contributed by atoms with Crippen molar-refractivity contribution in [3.05, 3.63) is 83.6 Å². The number of fused-ring (bicyclic) bond motifs is 1. The predicted octanol–water partition coefficient (Wildman–Crippen LogP) is 2.71. The van der Waals surface area contributed by atoms with Crippen molar-refractivity contribution in [2.75, 3.05) is 5.32 Å². The quantitative estimate of drug-likeness (QED) is 0.731. The number of aromatic nitrogens is 4. The number of anilines is 1. The van der Waals surface area contributed by atoms with Crippen molar-refractivity contribution in [2.24, 2.45) is 0 Å². The molecule has 0 spiro atoms. The summed E-state index contributed by atoms with van der Waals surface area (Å²) in [7, 11) is 0. The summed E-state index contributed by atoms with van der Waals surface area (Å²) in [6.07, 6.45) is 4.87. The fourth-order valence-corrected chi connectivity index (χ4v) is 3.00. The number of hydrogen-bond donors (Lipinski definition) is 1. The van der Waals surface area contributed by atoms with Gasteiger partial charge in [-0.25, -0.2) is 9.48 Å². The lowest BCUT2D eigenvalue weighted by Gasteiger charge is -2.27. The average Bonchev–Trinajstić information content (AvgIpc) is 3.14. The molecule has 3 aromatic rings. The summed E-state index contributed by atoms with van der Waals surface area (Å²) in [5.74, 6) is 0.185. The van der Waals surface area contributed by atoms with E-state index in [4.69, 9.17) is 4.74 Å². The van der Waals surface area contributed by atoms with Crippen molar-refractivity contribution < 1.29 is 9.53 Å². The van der Waals surface area contributed by atoms with Crippen LogP contribution in [0.2, 0.25) is 0 Å². The van der Waals surface area contributed by atoms with Crippen LogP contribution in [0.15, 0.2) is 72.5 Å². The molecule has 1 aliphatic rings.